The standard InChI is InChI=1S/C20H29FO2/c21-19-11-18(12-20(22)13-19)10-17-6-2-4-15(9-17)3-1-5-16-7-8-23-14-16/h11-13,15-17,22H,1-10,14H2. The van der Waals surface area contributed by atoms with Gasteiger partial charge in [-0.1, -0.05) is 32.1 Å². The molecule has 1 N–H and O–H groups in total. The maximum atomic E-state index is 13.4. The number of halogens is 1. The first kappa shape index (κ1) is 16.8. The topological polar surface area (TPSA) is 29.5 Å². The smallest absolute Gasteiger partial charge is 0.127 e. The zero-order valence-corrected chi connectivity index (χ0v) is 14.0. The van der Waals surface area contributed by atoms with E-state index in [9.17, 15) is 9.50 Å². The monoisotopic (exact) mass is 320 g/mol. The molecule has 3 unspecified atom stereocenters. The normalized spacial score (nSPS) is 28.1. The van der Waals surface area contributed by atoms with Crippen LogP contribution < -0.4 is 0 Å². The van der Waals surface area contributed by atoms with Crippen molar-refractivity contribution < 1.29 is 14.2 Å². The maximum absolute atomic E-state index is 13.4. The van der Waals surface area contributed by atoms with E-state index in [-0.39, 0.29) is 11.6 Å². The first-order valence-corrected chi connectivity index (χ1v) is 9.25. The molecule has 2 fully saturated rings. The molecule has 1 heterocycles. The summed E-state index contributed by atoms with van der Waals surface area (Å²) in [5.41, 5.74) is 0.941. The first-order chi connectivity index (χ1) is 11.2. The van der Waals surface area contributed by atoms with Gasteiger partial charge in [-0.2, -0.15) is 0 Å². The minimum Gasteiger partial charge on any atom is -0.508 e. The van der Waals surface area contributed by atoms with Crippen LogP contribution in [0.15, 0.2) is 18.2 Å². The van der Waals surface area contributed by atoms with E-state index < -0.39 is 0 Å². The van der Waals surface area contributed by atoms with Gasteiger partial charge in [0.05, 0.1) is 0 Å². The van der Waals surface area contributed by atoms with Crippen molar-refractivity contribution >= 4 is 0 Å². The number of ether oxygens (including phenoxy) is 1. The van der Waals surface area contributed by atoms with Gasteiger partial charge in [0, 0.05) is 19.3 Å². The summed E-state index contributed by atoms with van der Waals surface area (Å²) >= 11 is 0. The number of aromatic hydroxyl groups is 1. The molecule has 0 bridgehead atoms. The molecule has 0 amide bonds. The second-order valence-electron chi connectivity index (χ2n) is 7.58. The summed E-state index contributed by atoms with van der Waals surface area (Å²) in [5, 5.41) is 9.55. The molecule has 2 aliphatic rings. The van der Waals surface area contributed by atoms with E-state index in [1.165, 1.54) is 57.4 Å². The molecule has 0 radical (unpaired) electrons. The van der Waals surface area contributed by atoms with Gasteiger partial charge in [0.15, 0.2) is 0 Å². The van der Waals surface area contributed by atoms with Gasteiger partial charge in [-0.05, 0) is 61.1 Å². The van der Waals surface area contributed by atoms with Gasteiger partial charge in [0.2, 0.25) is 0 Å². The average Bonchev–Trinajstić information content (AvgIpc) is 3.00. The molecule has 1 saturated carbocycles. The van der Waals surface area contributed by atoms with Crippen molar-refractivity contribution in [2.75, 3.05) is 13.2 Å². The number of phenols is 1. The third-order valence-electron chi connectivity index (χ3n) is 5.61. The minimum absolute atomic E-state index is 0.0474. The summed E-state index contributed by atoms with van der Waals surface area (Å²) in [6, 6.07) is 4.47. The van der Waals surface area contributed by atoms with E-state index >= 15 is 0 Å². The van der Waals surface area contributed by atoms with Crippen molar-refractivity contribution in [1.29, 1.82) is 0 Å². The van der Waals surface area contributed by atoms with Crippen LogP contribution in [0, 0.1) is 23.6 Å². The van der Waals surface area contributed by atoms with Crippen LogP contribution in [0.25, 0.3) is 0 Å². The molecule has 3 atom stereocenters. The fourth-order valence-electron chi connectivity index (χ4n) is 4.44. The van der Waals surface area contributed by atoms with Crippen LogP contribution in [0.2, 0.25) is 0 Å². The Morgan fingerprint density at radius 3 is 2.65 bits per heavy atom. The fraction of sp³-hybridized carbons (Fsp3) is 0.700. The quantitative estimate of drug-likeness (QED) is 0.791. The van der Waals surface area contributed by atoms with Gasteiger partial charge < -0.3 is 9.84 Å². The predicted octanol–water partition coefficient (Wildman–Crippen LogP) is 5.09. The zero-order valence-electron chi connectivity index (χ0n) is 14.0. The van der Waals surface area contributed by atoms with Crippen LogP contribution in [-0.2, 0) is 11.2 Å². The van der Waals surface area contributed by atoms with E-state index in [0.717, 1.165) is 37.0 Å². The van der Waals surface area contributed by atoms with E-state index in [4.69, 9.17) is 4.74 Å². The number of hydrogen-bond donors (Lipinski definition) is 1. The summed E-state index contributed by atoms with van der Waals surface area (Å²) in [6.45, 7) is 1.92. The molecule has 128 valence electrons. The molecule has 2 nitrogen and oxygen atoms in total. The molecule has 1 aliphatic carbocycles. The van der Waals surface area contributed by atoms with Crippen LogP contribution in [-0.4, -0.2) is 18.3 Å². The molecular formula is C20H29FO2. The summed E-state index contributed by atoms with van der Waals surface area (Å²) in [5.74, 6) is 1.99. The lowest BCUT2D eigenvalue weighted by Gasteiger charge is -2.29. The van der Waals surface area contributed by atoms with Crippen molar-refractivity contribution in [3.8, 4) is 5.75 Å². The van der Waals surface area contributed by atoms with Crippen molar-refractivity contribution in [3.05, 3.63) is 29.6 Å². The summed E-state index contributed by atoms with van der Waals surface area (Å²) in [7, 11) is 0. The molecule has 23 heavy (non-hydrogen) atoms. The van der Waals surface area contributed by atoms with E-state index in [1.54, 1.807) is 12.1 Å². The lowest BCUT2D eigenvalue weighted by atomic mass is 9.76. The highest BCUT2D eigenvalue weighted by Gasteiger charge is 2.23. The Morgan fingerprint density at radius 2 is 1.87 bits per heavy atom. The van der Waals surface area contributed by atoms with Crippen molar-refractivity contribution in [2.45, 2.75) is 57.8 Å². The molecule has 0 spiro atoms. The van der Waals surface area contributed by atoms with Gasteiger partial charge in [-0.15, -0.1) is 0 Å². The fourth-order valence-corrected chi connectivity index (χ4v) is 4.44. The van der Waals surface area contributed by atoms with Crippen LogP contribution in [0.4, 0.5) is 4.39 Å². The first-order valence-electron chi connectivity index (χ1n) is 9.25. The lowest BCUT2D eigenvalue weighted by molar-refractivity contribution is 0.182. The molecule has 1 aliphatic heterocycles. The molecule has 3 heteroatoms. The molecule has 1 aromatic carbocycles. The van der Waals surface area contributed by atoms with Crippen LogP contribution >= 0.6 is 0 Å². The van der Waals surface area contributed by atoms with Gasteiger partial charge in [0.25, 0.3) is 0 Å². The minimum atomic E-state index is -0.328. The van der Waals surface area contributed by atoms with Gasteiger partial charge in [-0.25, -0.2) is 4.39 Å². The zero-order chi connectivity index (χ0) is 16.1. The Labute approximate surface area is 139 Å². The third kappa shape index (κ3) is 5.20. The van der Waals surface area contributed by atoms with Crippen molar-refractivity contribution in [1.82, 2.24) is 0 Å². The number of phenolic OH excluding ortho intramolecular Hbond substituents is 1. The number of hydrogen-bond acceptors (Lipinski definition) is 2. The summed E-state index contributed by atoms with van der Waals surface area (Å²) in [6.07, 6.45) is 11.3. The summed E-state index contributed by atoms with van der Waals surface area (Å²) in [4.78, 5) is 0. The second kappa shape index (κ2) is 8.14. The molecule has 0 aromatic heterocycles. The third-order valence-corrected chi connectivity index (χ3v) is 5.61. The Kier molecular flexibility index (Phi) is 5.93. The van der Waals surface area contributed by atoms with Crippen molar-refractivity contribution in [2.24, 2.45) is 17.8 Å². The van der Waals surface area contributed by atoms with Crippen LogP contribution in [0.1, 0.15) is 56.9 Å². The Bertz CT molecular complexity index is 476. The van der Waals surface area contributed by atoms with E-state index in [2.05, 4.69) is 0 Å². The highest BCUT2D eigenvalue weighted by molar-refractivity contribution is 5.28. The highest BCUT2D eigenvalue weighted by atomic mass is 19.1. The average molecular weight is 320 g/mol. The van der Waals surface area contributed by atoms with E-state index in [1.807, 2.05) is 0 Å². The molecule has 1 aromatic rings. The van der Waals surface area contributed by atoms with Crippen LogP contribution in [0.5, 0.6) is 5.75 Å². The number of rotatable bonds is 6. The second-order valence-corrected chi connectivity index (χ2v) is 7.58. The van der Waals surface area contributed by atoms with Gasteiger partial charge in [0.1, 0.15) is 11.6 Å². The number of benzene rings is 1. The predicted molar refractivity (Wildman–Crippen MR) is 90.0 cm³/mol. The molecule has 1 saturated heterocycles. The molecular weight excluding hydrogens is 291 g/mol. The van der Waals surface area contributed by atoms with Crippen LogP contribution in [0.3, 0.4) is 0 Å². The highest BCUT2D eigenvalue weighted by Crippen LogP contribution is 2.35. The van der Waals surface area contributed by atoms with Gasteiger partial charge in [-0.3, -0.25) is 0 Å². The Balaban J connectivity index is 1.43. The Hall–Kier alpha value is -1.09. The maximum Gasteiger partial charge on any atom is 0.127 e. The molecule has 3 rings (SSSR count). The Morgan fingerprint density at radius 1 is 1.04 bits per heavy atom. The van der Waals surface area contributed by atoms with Crippen molar-refractivity contribution in [3.63, 3.8) is 0 Å². The summed E-state index contributed by atoms with van der Waals surface area (Å²) < 4.78 is 18.9. The largest absolute Gasteiger partial charge is 0.508 e. The van der Waals surface area contributed by atoms with E-state index in [0.29, 0.717) is 5.92 Å². The lowest BCUT2D eigenvalue weighted by Crippen LogP contribution is -2.18. The SMILES string of the molecule is Oc1cc(F)cc(CC2CCCC(CCCC3CCOC3)C2)c1. The van der Waals surface area contributed by atoms with Gasteiger partial charge >= 0.3 is 0 Å².